The molecule has 0 bridgehead atoms. The Morgan fingerprint density at radius 1 is 1.00 bits per heavy atom. The van der Waals surface area contributed by atoms with Crippen molar-refractivity contribution in [2.45, 2.75) is 39.7 Å². The molecule has 0 N–H and O–H groups in total. The smallest absolute Gasteiger partial charge is 0.247 e. The van der Waals surface area contributed by atoms with Crippen LogP contribution in [0.3, 0.4) is 0 Å². The largest absolute Gasteiger partial charge is 0.421 e. The zero-order valence-corrected chi connectivity index (χ0v) is 16.1. The maximum Gasteiger partial charge on any atom is 0.247 e. The molecule has 3 rings (SSSR count). The molecule has 2 aromatic carbocycles. The van der Waals surface area contributed by atoms with Crippen molar-refractivity contribution in [1.29, 1.82) is 0 Å². The number of nitrogens with zero attached hydrogens (tertiary/aromatic N) is 3. The molecule has 0 aliphatic carbocycles. The molecule has 1 aromatic heterocycles. The summed E-state index contributed by atoms with van der Waals surface area (Å²) in [5.41, 5.74) is 4.49. The highest BCUT2D eigenvalue weighted by molar-refractivity contribution is 5.76. The van der Waals surface area contributed by atoms with Crippen molar-refractivity contribution < 1.29 is 9.21 Å². The first-order chi connectivity index (χ1) is 13.0. The van der Waals surface area contributed by atoms with Crippen LogP contribution in [-0.2, 0) is 24.2 Å². The Morgan fingerprint density at radius 3 is 2.33 bits per heavy atom. The molecule has 140 valence electrons. The quantitative estimate of drug-likeness (QED) is 0.631. The van der Waals surface area contributed by atoms with Gasteiger partial charge in [0.25, 0.3) is 0 Å². The van der Waals surface area contributed by atoms with Gasteiger partial charge in [0.1, 0.15) is 0 Å². The van der Waals surface area contributed by atoms with Crippen LogP contribution in [0.15, 0.2) is 52.9 Å². The number of rotatable bonds is 7. The first kappa shape index (κ1) is 18.8. The van der Waals surface area contributed by atoms with E-state index >= 15 is 0 Å². The topological polar surface area (TPSA) is 59.2 Å². The summed E-state index contributed by atoms with van der Waals surface area (Å²) in [6.45, 7) is 4.76. The first-order valence-corrected chi connectivity index (χ1v) is 9.26. The monoisotopic (exact) mass is 363 g/mol. The number of benzene rings is 2. The van der Waals surface area contributed by atoms with Crippen LogP contribution in [0, 0.1) is 6.92 Å². The van der Waals surface area contributed by atoms with Gasteiger partial charge in [-0.25, -0.2) is 0 Å². The van der Waals surface area contributed by atoms with Gasteiger partial charge in [-0.1, -0.05) is 48.9 Å². The molecule has 3 aromatic rings. The van der Waals surface area contributed by atoms with Gasteiger partial charge in [0.2, 0.25) is 17.7 Å². The zero-order chi connectivity index (χ0) is 19.2. The van der Waals surface area contributed by atoms with E-state index in [-0.39, 0.29) is 5.91 Å². The van der Waals surface area contributed by atoms with Crippen LogP contribution in [0.1, 0.15) is 35.9 Å². The third-order valence-corrected chi connectivity index (χ3v) is 4.59. The van der Waals surface area contributed by atoms with Crippen molar-refractivity contribution in [3.8, 4) is 11.5 Å². The minimum atomic E-state index is 0.0599. The summed E-state index contributed by atoms with van der Waals surface area (Å²) < 4.78 is 5.69. The molecule has 0 aliphatic heterocycles. The van der Waals surface area contributed by atoms with Crippen molar-refractivity contribution in [3.05, 3.63) is 71.1 Å². The molecule has 0 fully saturated rings. The number of carbonyl (C=O) groups excluding carboxylic acids is 1. The maximum absolute atomic E-state index is 12.4. The van der Waals surface area contributed by atoms with Crippen LogP contribution >= 0.6 is 0 Å². The lowest BCUT2D eigenvalue weighted by Crippen LogP contribution is -2.26. The Balaban J connectivity index is 1.53. The Kier molecular flexibility index (Phi) is 6.01. The van der Waals surface area contributed by atoms with Crippen LogP contribution in [0.25, 0.3) is 11.5 Å². The molecule has 27 heavy (non-hydrogen) atoms. The van der Waals surface area contributed by atoms with Gasteiger partial charge in [-0.2, -0.15) is 0 Å². The Morgan fingerprint density at radius 2 is 1.67 bits per heavy atom. The molecule has 0 spiro atoms. The number of hydrogen-bond donors (Lipinski definition) is 0. The highest BCUT2D eigenvalue weighted by Gasteiger charge is 2.13. The molecule has 0 atom stereocenters. The fourth-order valence-electron chi connectivity index (χ4n) is 2.81. The molecule has 0 aliphatic rings. The average molecular weight is 363 g/mol. The minimum absolute atomic E-state index is 0.0599. The van der Waals surface area contributed by atoms with Crippen molar-refractivity contribution >= 4 is 5.91 Å². The van der Waals surface area contributed by atoms with Crippen molar-refractivity contribution in [2.24, 2.45) is 0 Å². The van der Waals surface area contributed by atoms with Crippen molar-refractivity contribution in [3.63, 3.8) is 0 Å². The number of aromatic nitrogens is 2. The summed E-state index contributed by atoms with van der Waals surface area (Å²) in [5.74, 6) is 1.03. The van der Waals surface area contributed by atoms with E-state index < -0.39 is 0 Å². The fraction of sp³-hybridized carbons (Fsp3) is 0.318. The normalized spacial score (nSPS) is 10.8. The van der Waals surface area contributed by atoms with E-state index in [2.05, 4.69) is 41.4 Å². The van der Waals surface area contributed by atoms with Crippen LogP contribution in [0.2, 0.25) is 0 Å². The predicted molar refractivity (Wildman–Crippen MR) is 105 cm³/mol. The third kappa shape index (κ3) is 5.03. The standard InChI is InChI=1S/C22H25N3O2/c1-4-17-7-9-18(10-8-17)15-25(3)21(26)14-13-20-23-24-22(27-20)19-11-5-16(2)6-12-19/h5-12H,4,13-15H2,1-3H3. The molecule has 1 amide bonds. The van der Waals surface area contributed by atoms with Gasteiger partial charge in [0, 0.05) is 32.0 Å². The fourth-order valence-corrected chi connectivity index (χ4v) is 2.81. The van der Waals surface area contributed by atoms with E-state index in [1.165, 1.54) is 11.1 Å². The van der Waals surface area contributed by atoms with Crippen LogP contribution in [-0.4, -0.2) is 28.1 Å². The molecule has 0 saturated carbocycles. The number of aryl methyl sites for hydroxylation is 3. The van der Waals surface area contributed by atoms with Gasteiger partial charge in [-0.05, 0) is 36.6 Å². The summed E-state index contributed by atoms with van der Waals surface area (Å²) in [5, 5.41) is 8.14. The summed E-state index contributed by atoms with van der Waals surface area (Å²) in [7, 11) is 1.82. The molecular weight excluding hydrogens is 338 g/mol. The second kappa shape index (κ2) is 8.62. The van der Waals surface area contributed by atoms with E-state index in [4.69, 9.17) is 4.42 Å². The highest BCUT2D eigenvalue weighted by Crippen LogP contribution is 2.19. The van der Waals surface area contributed by atoms with Crippen LogP contribution in [0.4, 0.5) is 0 Å². The Bertz CT molecular complexity index is 883. The molecular formula is C22H25N3O2. The van der Waals surface area contributed by atoms with E-state index in [1.54, 1.807) is 4.90 Å². The zero-order valence-electron chi connectivity index (χ0n) is 16.1. The lowest BCUT2D eigenvalue weighted by Gasteiger charge is -2.17. The lowest BCUT2D eigenvalue weighted by molar-refractivity contribution is -0.130. The van der Waals surface area contributed by atoms with Crippen LogP contribution in [0.5, 0.6) is 0 Å². The van der Waals surface area contributed by atoms with Gasteiger partial charge in [-0.15, -0.1) is 10.2 Å². The van der Waals surface area contributed by atoms with Gasteiger partial charge in [0.15, 0.2) is 0 Å². The Hall–Kier alpha value is -2.95. The Labute approximate surface area is 160 Å². The minimum Gasteiger partial charge on any atom is -0.421 e. The molecule has 0 saturated heterocycles. The second-order valence-corrected chi connectivity index (χ2v) is 6.79. The van der Waals surface area contributed by atoms with E-state index in [0.29, 0.717) is 31.2 Å². The van der Waals surface area contributed by atoms with E-state index in [9.17, 15) is 4.79 Å². The van der Waals surface area contributed by atoms with E-state index in [0.717, 1.165) is 17.5 Å². The summed E-state index contributed by atoms with van der Waals surface area (Å²) in [6, 6.07) is 16.3. The predicted octanol–water partition coefficient (Wildman–Crippen LogP) is 4.20. The maximum atomic E-state index is 12.4. The lowest BCUT2D eigenvalue weighted by atomic mass is 10.1. The first-order valence-electron chi connectivity index (χ1n) is 9.26. The number of carbonyl (C=O) groups is 1. The highest BCUT2D eigenvalue weighted by atomic mass is 16.4. The average Bonchev–Trinajstić information content (AvgIpc) is 3.16. The second-order valence-electron chi connectivity index (χ2n) is 6.79. The van der Waals surface area contributed by atoms with E-state index in [1.807, 2.05) is 38.2 Å². The SMILES string of the molecule is CCc1ccc(CN(C)C(=O)CCc2nnc(-c3ccc(C)cc3)o2)cc1. The summed E-state index contributed by atoms with van der Waals surface area (Å²) in [6.07, 6.45) is 1.81. The van der Waals surface area contributed by atoms with Crippen molar-refractivity contribution in [2.75, 3.05) is 7.05 Å². The summed E-state index contributed by atoms with van der Waals surface area (Å²) >= 11 is 0. The number of hydrogen-bond acceptors (Lipinski definition) is 4. The van der Waals surface area contributed by atoms with Crippen molar-refractivity contribution in [1.82, 2.24) is 15.1 Å². The molecule has 5 heteroatoms. The molecule has 5 nitrogen and oxygen atoms in total. The van der Waals surface area contributed by atoms with Gasteiger partial charge >= 0.3 is 0 Å². The third-order valence-electron chi connectivity index (χ3n) is 4.59. The molecule has 0 radical (unpaired) electrons. The van der Waals surface area contributed by atoms with Crippen LogP contribution < -0.4 is 0 Å². The van der Waals surface area contributed by atoms with Gasteiger partial charge in [0.05, 0.1) is 0 Å². The molecule has 0 unspecified atom stereocenters. The molecule has 1 heterocycles. The summed E-state index contributed by atoms with van der Waals surface area (Å²) in [4.78, 5) is 14.1. The van der Waals surface area contributed by atoms with Gasteiger partial charge in [-0.3, -0.25) is 4.79 Å². The van der Waals surface area contributed by atoms with Gasteiger partial charge < -0.3 is 9.32 Å². The number of amides is 1.